The molecule has 0 saturated carbocycles. The Bertz CT molecular complexity index is 1330. The van der Waals surface area contributed by atoms with Gasteiger partial charge in [0.15, 0.2) is 0 Å². The molecule has 3 aromatic carbocycles. The molecule has 1 amide bonds. The second-order valence-corrected chi connectivity index (χ2v) is 8.62. The molecule has 4 rings (SSSR count). The zero-order valence-electron chi connectivity index (χ0n) is 20.3. The molecule has 1 saturated heterocycles. The third-order valence-corrected chi connectivity index (χ3v) is 6.06. The number of nitro groups is 2. The molecule has 1 N–H and O–H groups in total. The van der Waals surface area contributed by atoms with Gasteiger partial charge in [0.2, 0.25) is 0 Å². The zero-order chi connectivity index (χ0) is 28.2. The topological polar surface area (TPSA) is 131 Å². The number of piperazine rings is 1. The van der Waals surface area contributed by atoms with Crippen LogP contribution < -0.4 is 19.9 Å². The lowest BCUT2D eigenvalue weighted by Gasteiger charge is -2.37. The number of non-ortho nitro benzene ring substituents is 2. The van der Waals surface area contributed by atoms with Crippen LogP contribution in [0.4, 0.5) is 35.9 Å². The molecule has 1 fully saturated rings. The van der Waals surface area contributed by atoms with Gasteiger partial charge in [-0.2, -0.15) is 0 Å². The number of amides is 1. The standard InChI is InChI=1S/C25H22F3N5O6/c26-25(27,28)39-23-7-5-20(6-8-23)31-11-9-30(10-12-31)19-3-1-17(2-4-19)16-29-24(34)18-13-21(32(35)36)15-22(14-18)33(37)38/h1-8,13-15H,9-12,16H2,(H,29,34). The summed E-state index contributed by atoms with van der Waals surface area (Å²) in [6, 6.07) is 15.9. The van der Waals surface area contributed by atoms with E-state index in [-0.39, 0.29) is 17.9 Å². The Labute approximate surface area is 219 Å². The Morgan fingerprint density at radius 2 is 1.28 bits per heavy atom. The van der Waals surface area contributed by atoms with Crippen molar-refractivity contribution in [2.75, 3.05) is 36.0 Å². The van der Waals surface area contributed by atoms with Crippen molar-refractivity contribution in [2.24, 2.45) is 0 Å². The van der Waals surface area contributed by atoms with E-state index >= 15 is 0 Å². The summed E-state index contributed by atoms with van der Waals surface area (Å²) in [6.07, 6.45) is -4.73. The van der Waals surface area contributed by atoms with Gasteiger partial charge in [-0.05, 0) is 42.0 Å². The third-order valence-electron chi connectivity index (χ3n) is 6.06. The van der Waals surface area contributed by atoms with E-state index in [1.807, 2.05) is 24.3 Å². The molecule has 3 aromatic rings. The van der Waals surface area contributed by atoms with Crippen LogP contribution in [-0.2, 0) is 6.54 Å². The smallest absolute Gasteiger partial charge is 0.406 e. The van der Waals surface area contributed by atoms with Crippen LogP contribution in [0.2, 0.25) is 0 Å². The summed E-state index contributed by atoms with van der Waals surface area (Å²) in [5.41, 5.74) is 1.22. The molecule has 0 atom stereocenters. The van der Waals surface area contributed by atoms with Crippen molar-refractivity contribution in [1.82, 2.24) is 5.32 Å². The molecular weight excluding hydrogens is 523 g/mol. The number of hydrogen-bond acceptors (Lipinski definition) is 8. The van der Waals surface area contributed by atoms with E-state index in [1.165, 1.54) is 12.1 Å². The number of halogens is 3. The van der Waals surface area contributed by atoms with E-state index in [4.69, 9.17) is 0 Å². The molecule has 0 aliphatic carbocycles. The summed E-state index contributed by atoms with van der Waals surface area (Å²) in [7, 11) is 0. The van der Waals surface area contributed by atoms with Gasteiger partial charge in [-0.3, -0.25) is 25.0 Å². The van der Waals surface area contributed by atoms with Gasteiger partial charge in [-0.1, -0.05) is 12.1 Å². The summed E-state index contributed by atoms with van der Waals surface area (Å²) in [4.78, 5) is 37.2. The number of hydrogen-bond donors (Lipinski definition) is 1. The molecule has 0 unspecified atom stereocenters. The molecule has 39 heavy (non-hydrogen) atoms. The Balaban J connectivity index is 1.30. The fraction of sp³-hybridized carbons (Fsp3) is 0.240. The molecule has 1 aliphatic rings. The summed E-state index contributed by atoms with van der Waals surface area (Å²) >= 11 is 0. The van der Waals surface area contributed by atoms with E-state index in [9.17, 15) is 38.2 Å². The quantitative estimate of drug-likeness (QED) is 0.320. The summed E-state index contributed by atoms with van der Waals surface area (Å²) in [5, 5.41) is 24.7. The highest BCUT2D eigenvalue weighted by Crippen LogP contribution is 2.27. The maximum Gasteiger partial charge on any atom is 0.573 e. The van der Waals surface area contributed by atoms with Crippen molar-refractivity contribution < 1.29 is 32.5 Å². The Hall–Kier alpha value is -4.88. The van der Waals surface area contributed by atoms with Crippen LogP contribution in [0.5, 0.6) is 5.75 Å². The number of ether oxygens (including phenoxy) is 1. The zero-order valence-corrected chi connectivity index (χ0v) is 20.3. The number of nitrogens with one attached hydrogen (secondary N) is 1. The Morgan fingerprint density at radius 1 is 0.821 bits per heavy atom. The third kappa shape index (κ3) is 7.12. The van der Waals surface area contributed by atoms with E-state index in [1.54, 1.807) is 12.1 Å². The number of carbonyl (C=O) groups excluding carboxylic acids is 1. The highest BCUT2D eigenvalue weighted by molar-refractivity contribution is 5.95. The maximum atomic E-state index is 12.5. The van der Waals surface area contributed by atoms with Gasteiger partial charge in [-0.25, -0.2) is 0 Å². The minimum atomic E-state index is -4.73. The first kappa shape index (κ1) is 27.2. The monoisotopic (exact) mass is 545 g/mol. The minimum Gasteiger partial charge on any atom is -0.406 e. The van der Waals surface area contributed by atoms with Crippen molar-refractivity contribution in [3.63, 3.8) is 0 Å². The minimum absolute atomic E-state index is 0.109. The van der Waals surface area contributed by atoms with Crippen LogP contribution in [0.1, 0.15) is 15.9 Å². The first-order chi connectivity index (χ1) is 18.5. The van der Waals surface area contributed by atoms with E-state index in [0.29, 0.717) is 26.2 Å². The fourth-order valence-electron chi connectivity index (χ4n) is 4.13. The van der Waals surface area contributed by atoms with Crippen molar-refractivity contribution in [3.8, 4) is 5.75 Å². The normalized spacial score (nSPS) is 13.6. The van der Waals surface area contributed by atoms with Crippen LogP contribution in [0, 0.1) is 20.2 Å². The lowest BCUT2D eigenvalue weighted by atomic mass is 10.1. The summed E-state index contributed by atoms with van der Waals surface area (Å²) < 4.78 is 41.0. The second-order valence-electron chi connectivity index (χ2n) is 8.62. The van der Waals surface area contributed by atoms with Crippen LogP contribution in [-0.4, -0.2) is 48.3 Å². The van der Waals surface area contributed by atoms with Crippen LogP contribution in [0.15, 0.2) is 66.7 Å². The highest BCUT2D eigenvalue weighted by Gasteiger charge is 2.31. The first-order valence-corrected chi connectivity index (χ1v) is 11.7. The van der Waals surface area contributed by atoms with Gasteiger partial charge in [0.05, 0.1) is 21.5 Å². The average molecular weight is 545 g/mol. The van der Waals surface area contributed by atoms with Crippen LogP contribution >= 0.6 is 0 Å². The largest absolute Gasteiger partial charge is 0.573 e. The number of benzene rings is 3. The van der Waals surface area contributed by atoms with Gasteiger partial charge >= 0.3 is 6.36 Å². The van der Waals surface area contributed by atoms with E-state index < -0.39 is 33.5 Å². The molecule has 0 aromatic heterocycles. The van der Waals surface area contributed by atoms with E-state index in [0.717, 1.165) is 35.1 Å². The number of nitrogens with zero attached hydrogens (tertiary/aromatic N) is 4. The van der Waals surface area contributed by atoms with Gasteiger partial charge < -0.3 is 19.9 Å². The summed E-state index contributed by atoms with van der Waals surface area (Å²) in [5.74, 6) is -0.951. The molecule has 0 spiro atoms. The highest BCUT2D eigenvalue weighted by atomic mass is 19.4. The van der Waals surface area contributed by atoms with Gasteiger partial charge in [0.1, 0.15) is 5.75 Å². The number of rotatable bonds is 8. The molecule has 1 aliphatic heterocycles. The average Bonchev–Trinajstić information content (AvgIpc) is 2.91. The molecular formula is C25H22F3N5O6. The number of carbonyl (C=O) groups is 1. The SMILES string of the molecule is O=C(NCc1ccc(N2CCN(c3ccc(OC(F)(F)F)cc3)CC2)cc1)c1cc([N+](=O)[O-])cc([N+](=O)[O-])c1. The van der Waals surface area contributed by atoms with Crippen molar-refractivity contribution in [2.45, 2.75) is 12.9 Å². The predicted octanol–water partition coefficient (Wildman–Crippen LogP) is 4.66. The number of nitro benzene ring substituents is 2. The fourth-order valence-corrected chi connectivity index (χ4v) is 4.13. The molecule has 11 nitrogen and oxygen atoms in total. The van der Waals surface area contributed by atoms with Crippen LogP contribution in [0.3, 0.4) is 0 Å². The molecule has 0 bridgehead atoms. The Kier molecular flexibility index (Phi) is 7.83. The molecule has 1 heterocycles. The maximum absolute atomic E-state index is 12.5. The Morgan fingerprint density at radius 3 is 1.72 bits per heavy atom. The van der Waals surface area contributed by atoms with Gasteiger partial charge in [0, 0.05) is 56.2 Å². The molecule has 14 heteroatoms. The lowest BCUT2D eigenvalue weighted by molar-refractivity contribution is -0.394. The lowest BCUT2D eigenvalue weighted by Crippen LogP contribution is -2.46. The van der Waals surface area contributed by atoms with E-state index in [2.05, 4.69) is 19.9 Å². The van der Waals surface area contributed by atoms with Crippen molar-refractivity contribution in [1.29, 1.82) is 0 Å². The van der Waals surface area contributed by atoms with Gasteiger partial charge in [-0.15, -0.1) is 13.2 Å². The van der Waals surface area contributed by atoms with Crippen molar-refractivity contribution >= 4 is 28.7 Å². The second kappa shape index (κ2) is 11.2. The molecule has 0 radical (unpaired) electrons. The van der Waals surface area contributed by atoms with Crippen LogP contribution in [0.25, 0.3) is 0 Å². The first-order valence-electron chi connectivity index (χ1n) is 11.7. The number of alkyl halides is 3. The van der Waals surface area contributed by atoms with Crippen molar-refractivity contribution in [3.05, 3.63) is 98.1 Å². The molecule has 204 valence electrons. The predicted molar refractivity (Wildman–Crippen MR) is 135 cm³/mol. The van der Waals surface area contributed by atoms with Gasteiger partial charge in [0.25, 0.3) is 17.3 Å². The summed E-state index contributed by atoms with van der Waals surface area (Å²) in [6.45, 7) is 2.79. The number of anilines is 2.